The number of amides is 1. The molecule has 0 bridgehead atoms. The molecular weight excluding hydrogens is 393 g/mol. The highest BCUT2D eigenvalue weighted by atomic mass is 19.4. The Morgan fingerprint density at radius 3 is 2.47 bits per heavy atom. The first-order chi connectivity index (χ1) is 14.4. The van der Waals surface area contributed by atoms with Crippen molar-refractivity contribution in [2.75, 3.05) is 5.32 Å². The summed E-state index contributed by atoms with van der Waals surface area (Å²) >= 11 is 0. The zero-order valence-corrected chi connectivity index (χ0v) is 16.3. The first-order valence-corrected chi connectivity index (χ1v) is 10.1. The molecule has 1 saturated carbocycles. The lowest BCUT2D eigenvalue weighted by atomic mass is 10.1. The van der Waals surface area contributed by atoms with Crippen LogP contribution in [0.5, 0.6) is 0 Å². The van der Waals surface area contributed by atoms with Gasteiger partial charge in [0.15, 0.2) is 5.69 Å². The molecule has 2 aromatic heterocycles. The largest absolute Gasteiger partial charge is 0.434 e. The zero-order chi connectivity index (χ0) is 21.1. The number of hydrogen-bond acceptors (Lipinski definition) is 3. The summed E-state index contributed by atoms with van der Waals surface area (Å²) in [4.78, 5) is 16.1. The second-order valence-corrected chi connectivity index (χ2v) is 7.65. The number of carbonyl (C=O) groups excluding carboxylic acids is 1. The van der Waals surface area contributed by atoms with E-state index < -0.39 is 11.9 Å². The average Bonchev–Trinajstić information content (AvgIpc) is 3.07. The summed E-state index contributed by atoms with van der Waals surface area (Å²) < 4.78 is 40.5. The molecule has 0 radical (unpaired) electrons. The van der Waals surface area contributed by atoms with E-state index in [1.807, 2.05) is 18.2 Å². The Labute approximate surface area is 172 Å². The number of aromatic nitrogens is 2. The SMILES string of the molecule is O=C(N[C@@H]1CCC[C@H](Nc2cccc3nc(C(F)(F)F)cn23)CC1)c1ccccc1. The van der Waals surface area contributed by atoms with Crippen LogP contribution in [-0.4, -0.2) is 27.4 Å². The van der Waals surface area contributed by atoms with E-state index in [0.717, 1.165) is 38.3 Å². The molecule has 1 amide bonds. The van der Waals surface area contributed by atoms with Gasteiger partial charge < -0.3 is 10.6 Å². The van der Waals surface area contributed by atoms with Crippen molar-refractivity contribution in [3.8, 4) is 0 Å². The number of fused-ring (bicyclic) bond motifs is 1. The third kappa shape index (κ3) is 4.58. The average molecular weight is 416 g/mol. The Balaban J connectivity index is 1.41. The van der Waals surface area contributed by atoms with E-state index in [1.54, 1.807) is 30.3 Å². The normalized spacial score (nSPS) is 20.0. The number of rotatable bonds is 4. The molecule has 0 spiro atoms. The summed E-state index contributed by atoms with van der Waals surface area (Å²) in [7, 11) is 0. The summed E-state index contributed by atoms with van der Waals surface area (Å²) in [5.41, 5.74) is -0.000992. The van der Waals surface area contributed by atoms with Gasteiger partial charge in [0.2, 0.25) is 0 Å². The number of carbonyl (C=O) groups is 1. The van der Waals surface area contributed by atoms with Crippen LogP contribution in [0.4, 0.5) is 19.0 Å². The van der Waals surface area contributed by atoms with Gasteiger partial charge >= 0.3 is 6.18 Å². The van der Waals surface area contributed by atoms with E-state index >= 15 is 0 Å². The highest BCUT2D eigenvalue weighted by Gasteiger charge is 2.34. The van der Waals surface area contributed by atoms with Gasteiger partial charge in [0.25, 0.3) is 5.91 Å². The number of pyridine rings is 1. The smallest absolute Gasteiger partial charge is 0.368 e. The first kappa shape index (κ1) is 20.3. The molecule has 0 saturated heterocycles. The quantitative estimate of drug-likeness (QED) is 0.595. The van der Waals surface area contributed by atoms with Gasteiger partial charge in [-0.2, -0.15) is 13.2 Å². The van der Waals surface area contributed by atoms with Crippen LogP contribution in [0.2, 0.25) is 0 Å². The van der Waals surface area contributed by atoms with Gasteiger partial charge in [-0.15, -0.1) is 0 Å². The van der Waals surface area contributed by atoms with Gasteiger partial charge in [0, 0.05) is 23.8 Å². The molecule has 1 aliphatic rings. The molecule has 1 aliphatic carbocycles. The van der Waals surface area contributed by atoms with Crippen LogP contribution in [-0.2, 0) is 6.18 Å². The van der Waals surface area contributed by atoms with Crippen molar-refractivity contribution in [1.29, 1.82) is 0 Å². The van der Waals surface area contributed by atoms with Crippen molar-refractivity contribution in [3.63, 3.8) is 0 Å². The number of hydrogen-bond donors (Lipinski definition) is 2. The standard InChI is InChI=1S/C22H23F3N4O/c23-22(24,25)18-14-29-19(10-5-11-20(29)28-18)26-16-8-4-9-17(13-12-16)27-21(30)15-6-2-1-3-7-15/h1-3,5-7,10-11,14,16-17,26H,4,8-9,12-13H2,(H,27,30)/t16-,17+/m0/s1. The number of benzene rings is 1. The highest BCUT2D eigenvalue weighted by molar-refractivity contribution is 5.94. The minimum Gasteiger partial charge on any atom is -0.368 e. The van der Waals surface area contributed by atoms with Gasteiger partial charge in [-0.05, 0) is 56.4 Å². The second-order valence-electron chi connectivity index (χ2n) is 7.65. The molecule has 3 aromatic rings. The molecule has 2 N–H and O–H groups in total. The third-order valence-corrected chi connectivity index (χ3v) is 5.47. The second kappa shape index (κ2) is 8.38. The number of nitrogens with zero attached hydrogens (tertiary/aromatic N) is 2. The van der Waals surface area contributed by atoms with Gasteiger partial charge in [0.1, 0.15) is 11.5 Å². The summed E-state index contributed by atoms with van der Waals surface area (Å²) in [5, 5.41) is 6.48. The number of nitrogens with one attached hydrogen (secondary N) is 2. The Kier molecular flexibility index (Phi) is 5.65. The minimum atomic E-state index is -4.48. The highest BCUT2D eigenvalue weighted by Crippen LogP contribution is 2.30. The van der Waals surface area contributed by atoms with Crippen LogP contribution in [0.3, 0.4) is 0 Å². The fourth-order valence-corrected chi connectivity index (χ4v) is 3.92. The Bertz CT molecular complexity index is 1020. The third-order valence-electron chi connectivity index (χ3n) is 5.47. The van der Waals surface area contributed by atoms with Gasteiger partial charge in [-0.1, -0.05) is 24.3 Å². The fourth-order valence-electron chi connectivity index (χ4n) is 3.92. The van der Waals surface area contributed by atoms with Crippen molar-refractivity contribution in [2.24, 2.45) is 0 Å². The predicted octanol–water partition coefficient (Wildman–Crippen LogP) is 4.90. The van der Waals surface area contributed by atoms with Crippen molar-refractivity contribution >= 4 is 17.4 Å². The molecule has 2 heterocycles. The molecule has 5 nitrogen and oxygen atoms in total. The molecule has 30 heavy (non-hydrogen) atoms. The van der Waals surface area contributed by atoms with Gasteiger partial charge in [-0.3, -0.25) is 9.20 Å². The monoisotopic (exact) mass is 416 g/mol. The van der Waals surface area contributed by atoms with E-state index in [2.05, 4.69) is 15.6 Å². The van der Waals surface area contributed by atoms with Crippen molar-refractivity contribution < 1.29 is 18.0 Å². The maximum atomic E-state index is 13.0. The van der Waals surface area contributed by atoms with E-state index in [4.69, 9.17) is 0 Å². The molecular formula is C22H23F3N4O. The van der Waals surface area contributed by atoms with E-state index in [-0.39, 0.29) is 23.6 Å². The van der Waals surface area contributed by atoms with Crippen molar-refractivity contribution in [2.45, 2.75) is 50.4 Å². The number of halogens is 3. The van der Waals surface area contributed by atoms with Crippen LogP contribution in [0.25, 0.3) is 5.65 Å². The molecule has 0 aliphatic heterocycles. The van der Waals surface area contributed by atoms with Crippen LogP contribution in [0.15, 0.2) is 54.7 Å². The van der Waals surface area contributed by atoms with E-state index in [9.17, 15) is 18.0 Å². The summed E-state index contributed by atoms with van der Waals surface area (Å²) in [5.74, 6) is 0.516. The summed E-state index contributed by atoms with van der Waals surface area (Å²) in [6, 6.07) is 14.3. The van der Waals surface area contributed by atoms with Gasteiger partial charge in [0.05, 0.1) is 0 Å². The van der Waals surface area contributed by atoms with Crippen LogP contribution < -0.4 is 10.6 Å². The summed E-state index contributed by atoms with van der Waals surface area (Å²) in [6.45, 7) is 0. The van der Waals surface area contributed by atoms with Crippen LogP contribution >= 0.6 is 0 Å². The topological polar surface area (TPSA) is 58.4 Å². The van der Waals surface area contributed by atoms with E-state index in [1.165, 1.54) is 4.40 Å². The lowest BCUT2D eigenvalue weighted by Crippen LogP contribution is -2.34. The molecule has 1 aromatic carbocycles. The summed E-state index contributed by atoms with van der Waals surface area (Å²) in [6.07, 6.45) is 0.859. The van der Waals surface area contributed by atoms with Crippen LogP contribution in [0.1, 0.15) is 48.2 Å². The predicted molar refractivity (Wildman–Crippen MR) is 108 cm³/mol. The van der Waals surface area contributed by atoms with Crippen LogP contribution in [0, 0.1) is 0 Å². The zero-order valence-electron chi connectivity index (χ0n) is 16.3. The lowest BCUT2D eigenvalue weighted by molar-refractivity contribution is -0.140. The number of anilines is 1. The molecule has 4 rings (SSSR count). The maximum Gasteiger partial charge on any atom is 0.434 e. The van der Waals surface area contributed by atoms with Gasteiger partial charge in [-0.25, -0.2) is 4.98 Å². The maximum absolute atomic E-state index is 13.0. The fraction of sp³-hybridized carbons (Fsp3) is 0.364. The Morgan fingerprint density at radius 2 is 1.70 bits per heavy atom. The Hall–Kier alpha value is -3.03. The molecule has 1 fully saturated rings. The van der Waals surface area contributed by atoms with Crippen molar-refractivity contribution in [1.82, 2.24) is 14.7 Å². The first-order valence-electron chi connectivity index (χ1n) is 10.1. The lowest BCUT2D eigenvalue weighted by Gasteiger charge is -2.19. The molecule has 2 atom stereocenters. The Morgan fingerprint density at radius 1 is 0.967 bits per heavy atom. The molecule has 0 unspecified atom stereocenters. The molecule has 158 valence electrons. The van der Waals surface area contributed by atoms with Crippen molar-refractivity contribution in [3.05, 3.63) is 66.0 Å². The van der Waals surface area contributed by atoms with E-state index in [0.29, 0.717) is 11.4 Å². The number of alkyl halides is 3. The number of imidazole rings is 1. The minimum absolute atomic E-state index is 0.0742. The molecule has 8 heteroatoms.